The molecule has 1 aromatic rings. The predicted octanol–water partition coefficient (Wildman–Crippen LogP) is 1.60. The van der Waals surface area contributed by atoms with Crippen LogP contribution in [0.2, 0.25) is 0 Å². The Morgan fingerprint density at radius 2 is 2.16 bits per heavy atom. The molecular formula is C10H16F4N4O. The third-order valence-corrected chi connectivity index (χ3v) is 2.37. The molecular weight excluding hydrogens is 268 g/mol. The average molecular weight is 284 g/mol. The number of aryl methyl sites for hydroxylation is 1. The molecule has 110 valence electrons. The number of alkyl halides is 4. The molecule has 0 fully saturated rings. The summed E-state index contributed by atoms with van der Waals surface area (Å²) in [6.45, 7) is 0.833. The van der Waals surface area contributed by atoms with Crippen LogP contribution in [-0.2, 0) is 11.3 Å². The van der Waals surface area contributed by atoms with Crippen molar-refractivity contribution in [3.8, 4) is 0 Å². The molecule has 0 aliphatic carbocycles. The zero-order chi connectivity index (χ0) is 14.5. The van der Waals surface area contributed by atoms with Crippen molar-refractivity contribution in [2.75, 3.05) is 13.2 Å². The van der Waals surface area contributed by atoms with Crippen LogP contribution in [0.5, 0.6) is 0 Å². The molecule has 1 unspecified atom stereocenters. The lowest BCUT2D eigenvalue weighted by molar-refractivity contribution is -0.166. The molecule has 1 aromatic heterocycles. The summed E-state index contributed by atoms with van der Waals surface area (Å²) in [7, 11) is 0. The summed E-state index contributed by atoms with van der Waals surface area (Å²) in [6, 6.07) is -0.741. The van der Waals surface area contributed by atoms with Crippen LogP contribution in [0.3, 0.4) is 0 Å². The molecule has 0 aliphatic rings. The lowest BCUT2D eigenvalue weighted by atomic mass is 10.2. The van der Waals surface area contributed by atoms with Crippen LogP contribution in [0, 0.1) is 0 Å². The molecule has 19 heavy (non-hydrogen) atoms. The van der Waals surface area contributed by atoms with Gasteiger partial charge in [-0.15, -0.1) is 5.10 Å². The summed E-state index contributed by atoms with van der Waals surface area (Å²) in [4.78, 5) is 0. The standard InChI is InChI=1S/C10H16F4N4O/c1-2-3-18-8(4-16-17-18)7(15)5-19-6-10(13,14)9(11)12/h4,7,9H,2-3,5-6,15H2,1H3. The number of halogens is 4. The van der Waals surface area contributed by atoms with Gasteiger partial charge in [0, 0.05) is 6.54 Å². The van der Waals surface area contributed by atoms with Gasteiger partial charge in [0.2, 0.25) is 0 Å². The molecule has 0 aromatic carbocycles. The van der Waals surface area contributed by atoms with Gasteiger partial charge in [-0.2, -0.15) is 8.78 Å². The van der Waals surface area contributed by atoms with Crippen LogP contribution < -0.4 is 5.73 Å². The van der Waals surface area contributed by atoms with Gasteiger partial charge in [-0.3, -0.25) is 0 Å². The van der Waals surface area contributed by atoms with Gasteiger partial charge in [-0.1, -0.05) is 12.1 Å². The van der Waals surface area contributed by atoms with Crippen LogP contribution in [0.25, 0.3) is 0 Å². The van der Waals surface area contributed by atoms with E-state index in [-0.39, 0.29) is 6.61 Å². The van der Waals surface area contributed by atoms with Crippen LogP contribution >= 0.6 is 0 Å². The first kappa shape index (κ1) is 15.8. The molecule has 1 heterocycles. The zero-order valence-corrected chi connectivity index (χ0v) is 10.4. The molecule has 0 radical (unpaired) electrons. The predicted molar refractivity (Wildman–Crippen MR) is 59.0 cm³/mol. The highest BCUT2D eigenvalue weighted by atomic mass is 19.3. The van der Waals surface area contributed by atoms with Crippen LogP contribution in [0.1, 0.15) is 25.1 Å². The molecule has 1 atom stereocenters. The van der Waals surface area contributed by atoms with Crippen LogP contribution in [-0.4, -0.2) is 40.6 Å². The third-order valence-electron chi connectivity index (χ3n) is 2.37. The van der Waals surface area contributed by atoms with Crippen LogP contribution in [0.4, 0.5) is 17.6 Å². The van der Waals surface area contributed by atoms with Crippen molar-refractivity contribution in [3.63, 3.8) is 0 Å². The summed E-state index contributed by atoms with van der Waals surface area (Å²) in [6.07, 6.45) is -1.56. The lowest BCUT2D eigenvalue weighted by Gasteiger charge is -2.17. The van der Waals surface area contributed by atoms with E-state index in [1.165, 1.54) is 10.9 Å². The number of hydrogen-bond acceptors (Lipinski definition) is 4. The zero-order valence-electron chi connectivity index (χ0n) is 10.4. The Balaban J connectivity index is 2.47. The fourth-order valence-electron chi connectivity index (χ4n) is 1.41. The second-order valence-electron chi connectivity index (χ2n) is 4.07. The molecule has 1 rings (SSSR count). The second-order valence-corrected chi connectivity index (χ2v) is 4.07. The third kappa shape index (κ3) is 4.43. The Kier molecular flexibility index (Phi) is 5.67. The van der Waals surface area contributed by atoms with E-state index in [1.807, 2.05) is 6.92 Å². The summed E-state index contributed by atoms with van der Waals surface area (Å²) in [5.74, 6) is -4.17. The van der Waals surface area contributed by atoms with E-state index < -0.39 is 25.0 Å². The minimum Gasteiger partial charge on any atom is -0.373 e. The maximum Gasteiger partial charge on any atom is 0.330 e. The summed E-state index contributed by atoms with van der Waals surface area (Å²) in [5.41, 5.74) is 6.23. The Hall–Kier alpha value is -1.22. The monoisotopic (exact) mass is 284 g/mol. The number of rotatable bonds is 8. The topological polar surface area (TPSA) is 66.0 Å². The molecule has 0 bridgehead atoms. The smallest absolute Gasteiger partial charge is 0.330 e. The first-order valence-corrected chi connectivity index (χ1v) is 5.76. The van der Waals surface area contributed by atoms with E-state index >= 15 is 0 Å². The summed E-state index contributed by atoms with van der Waals surface area (Å²) < 4.78 is 55.0. The first-order chi connectivity index (χ1) is 8.88. The van der Waals surface area contributed by atoms with E-state index in [4.69, 9.17) is 5.73 Å². The van der Waals surface area contributed by atoms with Crippen molar-refractivity contribution in [3.05, 3.63) is 11.9 Å². The average Bonchev–Trinajstić information content (AvgIpc) is 2.77. The highest BCUT2D eigenvalue weighted by Crippen LogP contribution is 2.23. The molecule has 5 nitrogen and oxygen atoms in total. The molecule has 0 saturated carbocycles. The Morgan fingerprint density at radius 1 is 1.47 bits per heavy atom. The van der Waals surface area contributed by atoms with Gasteiger partial charge in [0.25, 0.3) is 0 Å². The Bertz CT molecular complexity index is 385. The molecule has 0 aliphatic heterocycles. The van der Waals surface area contributed by atoms with Crippen molar-refractivity contribution in [1.82, 2.24) is 15.0 Å². The quantitative estimate of drug-likeness (QED) is 0.736. The van der Waals surface area contributed by atoms with Crippen molar-refractivity contribution in [2.45, 2.75) is 38.3 Å². The van der Waals surface area contributed by atoms with Crippen LogP contribution in [0.15, 0.2) is 6.20 Å². The van der Waals surface area contributed by atoms with Crippen molar-refractivity contribution >= 4 is 0 Å². The molecule has 0 saturated heterocycles. The largest absolute Gasteiger partial charge is 0.373 e. The maximum atomic E-state index is 12.6. The molecule has 2 N–H and O–H groups in total. The van der Waals surface area contributed by atoms with Gasteiger partial charge in [0.05, 0.1) is 24.5 Å². The van der Waals surface area contributed by atoms with E-state index in [2.05, 4.69) is 15.0 Å². The van der Waals surface area contributed by atoms with Gasteiger partial charge in [-0.05, 0) is 6.42 Å². The Labute approximate surface area is 107 Å². The second kappa shape index (κ2) is 6.80. The highest BCUT2D eigenvalue weighted by molar-refractivity contribution is 5.01. The van der Waals surface area contributed by atoms with E-state index in [1.54, 1.807) is 0 Å². The number of hydrogen-bond donors (Lipinski definition) is 1. The van der Waals surface area contributed by atoms with E-state index in [9.17, 15) is 17.6 Å². The normalized spacial score (nSPS) is 14.1. The van der Waals surface area contributed by atoms with E-state index in [0.29, 0.717) is 12.2 Å². The number of nitrogens with two attached hydrogens (primary N) is 1. The summed E-state index contributed by atoms with van der Waals surface area (Å²) >= 11 is 0. The fourth-order valence-corrected chi connectivity index (χ4v) is 1.41. The maximum absolute atomic E-state index is 12.6. The highest BCUT2D eigenvalue weighted by Gasteiger charge is 2.41. The number of nitrogens with zero attached hydrogens (tertiary/aromatic N) is 3. The lowest BCUT2D eigenvalue weighted by Crippen LogP contribution is -2.34. The fraction of sp³-hybridized carbons (Fsp3) is 0.800. The molecule has 0 amide bonds. The van der Waals surface area contributed by atoms with Gasteiger partial charge in [-0.25, -0.2) is 13.5 Å². The van der Waals surface area contributed by atoms with Crippen molar-refractivity contribution < 1.29 is 22.3 Å². The Morgan fingerprint density at radius 3 is 2.74 bits per heavy atom. The van der Waals surface area contributed by atoms with Gasteiger partial charge in [0.15, 0.2) is 0 Å². The first-order valence-electron chi connectivity index (χ1n) is 5.76. The summed E-state index contributed by atoms with van der Waals surface area (Å²) in [5, 5.41) is 7.43. The molecule has 0 spiro atoms. The van der Waals surface area contributed by atoms with E-state index in [0.717, 1.165) is 6.42 Å². The van der Waals surface area contributed by atoms with Gasteiger partial charge >= 0.3 is 12.3 Å². The van der Waals surface area contributed by atoms with Crippen molar-refractivity contribution in [1.29, 1.82) is 0 Å². The molecule has 9 heteroatoms. The minimum absolute atomic E-state index is 0.306. The minimum atomic E-state index is -4.17. The van der Waals surface area contributed by atoms with Gasteiger partial charge < -0.3 is 10.5 Å². The van der Waals surface area contributed by atoms with Gasteiger partial charge in [0.1, 0.15) is 6.61 Å². The van der Waals surface area contributed by atoms with Crippen molar-refractivity contribution in [2.24, 2.45) is 5.73 Å². The number of ether oxygens (including phenoxy) is 1. The SMILES string of the molecule is CCCn1nncc1C(N)COCC(F)(F)C(F)F. The number of aromatic nitrogens is 3.